The number of thiazole rings is 1. The van der Waals surface area contributed by atoms with E-state index >= 15 is 0 Å². The molecule has 0 radical (unpaired) electrons. The number of sulfonamides is 1. The molecule has 1 N–H and O–H groups in total. The van der Waals surface area contributed by atoms with Gasteiger partial charge in [-0.2, -0.15) is 0 Å². The molecule has 0 saturated heterocycles. The number of hydrogen-bond acceptors (Lipinski definition) is 5. The summed E-state index contributed by atoms with van der Waals surface area (Å²) >= 11 is 1.09. The van der Waals surface area contributed by atoms with Gasteiger partial charge in [0, 0.05) is 31.3 Å². The number of hydrogen-bond donors (Lipinski definition) is 1. The Morgan fingerprint density at radius 2 is 1.90 bits per heavy atom. The minimum absolute atomic E-state index is 0.0115. The van der Waals surface area contributed by atoms with Gasteiger partial charge in [0.15, 0.2) is 11.6 Å². The molecule has 0 aliphatic rings. The fraction of sp³-hybridized carbons (Fsp3) is 0.300. The van der Waals surface area contributed by atoms with Crippen LogP contribution in [0.15, 0.2) is 41.2 Å². The van der Waals surface area contributed by atoms with Crippen LogP contribution >= 0.6 is 11.3 Å². The lowest BCUT2D eigenvalue weighted by atomic mass is 10.2. The minimum atomic E-state index is -3.75. The summed E-state index contributed by atoms with van der Waals surface area (Å²) in [6, 6.07) is 8.01. The fourth-order valence-electron chi connectivity index (χ4n) is 3.18. The number of aromatic nitrogens is 1. The lowest BCUT2D eigenvalue weighted by Gasteiger charge is -2.22. The number of carbonyl (C=O) groups is 1. The molecule has 0 aliphatic heterocycles. The van der Waals surface area contributed by atoms with Crippen LogP contribution in [0.25, 0.3) is 10.2 Å². The molecule has 0 unspecified atom stereocenters. The number of amides is 1. The van der Waals surface area contributed by atoms with Crippen LogP contribution in [0, 0.1) is 11.6 Å². The Bertz CT molecular complexity index is 1290. The average Bonchev–Trinajstić information content (AvgIpc) is 3.00. The number of nitrogens with zero attached hydrogens (tertiary/aromatic N) is 2. The van der Waals surface area contributed by atoms with E-state index in [1.54, 1.807) is 22.8 Å². The molecule has 2 aromatic carbocycles. The van der Waals surface area contributed by atoms with Crippen LogP contribution in [0.1, 0.15) is 19.8 Å². The van der Waals surface area contributed by atoms with Gasteiger partial charge in [-0.3, -0.25) is 18.5 Å². The van der Waals surface area contributed by atoms with Crippen LogP contribution in [0.3, 0.4) is 0 Å². The number of aryl methyl sites for hydroxylation is 1. The molecule has 0 saturated carbocycles. The van der Waals surface area contributed by atoms with Crippen molar-refractivity contribution in [3.05, 3.63) is 57.7 Å². The largest absolute Gasteiger partial charge is 0.326 e. The Morgan fingerprint density at radius 3 is 2.55 bits per heavy atom. The first-order valence-corrected chi connectivity index (χ1v) is 12.1. The first kappa shape index (κ1) is 22.9. The summed E-state index contributed by atoms with van der Waals surface area (Å²) in [6.07, 6.45) is 1.14. The number of fused-ring (bicyclic) bond motifs is 1. The molecule has 0 bridgehead atoms. The molecule has 31 heavy (non-hydrogen) atoms. The van der Waals surface area contributed by atoms with Crippen LogP contribution in [-0.4, -0.2) is 31.7 Å². The van der Waals surface area contributed by atoms with Crippen molar-refractivity contribution in [3.63, 3.8) is 0 Å². The maximum absolute atomic E-state index is 13.5. The maximum atomic E-state index is 13.5. The molecule has 0 spiro atoms. The third-order valence-electron chi connectivity index (χ3n) is 4.62. The first-order chi connectivity index (χ1) is 14.6. The van der Waals surface area contributed by atoms with Gasteiger partial charge in [0.05, 0.1) is 22.2 Å². The highest BCUT2D eigenvalue weighted by atomic mass is 32.2. The van der Waals surface area contributed by atoms with Gasteiger partial charge < -0.3 is 5.32 Å². The highest BCUT2D eigenvalue weighted by molar-refractivity contribution is 7.92. The Labute approximate surface area is 182 Å². The molecular weight excluding hydrogens is 448 g/mol. The van der Waals surface area contributed by atoms with Gasteiger partial charge in [-0.25, -0.2) is 17.2 Å². The zero-order valence-corrected chi connectivity index (χ0v) is 18.5. The van der Waals surface area contributed by atoms with Crippen molar-refractivity contribution >= 4 is 48.9 Å². The van der Waals surface area contributed by atoms with Gasteiger partial charge in [0.2, 0.25) is 15.9 Å². The number of rotatable bonds is 8. The molecule has 7 nitrogen and oxygen atoms in total. The van der Waals surface area contributed by atoms with E-state index in [1.807, 2.05) is 6.92 Å². The summed E-state index contributed by atoms with van der Waals surface area (Å²) in [5.41, 5.74) is 1.32. The van der Waals surface area contributed by atoms with Gasteiger partial charge in [0.25, 0.3) is 0 Å². The summed E-state index contributed by atoms with van der Waals surface area (Å²) in [5.74, 6) is -2.56. The summed E-state index contributed by atoms with van der Waals surface area (Å²) in [5, 5.41) is 2.73. The quantitative estimate of drug-likeness (QED) is 0.547. The van der Waals surface area contributed by atoms with E-state index < -0.39 is 21.7 Å². The number of nitrogens with one attached hydrogen (secondary N) is 1. The Kier molecular flexibility index (Phi) is 6.75. The molecule has 0 fully saturated rings. The van der Waals surface area contributed by atoms with Gasteiger partial charge in [-0.1, -0.05) is 11.3 Å². The third kappa shape index (κ3) is 5.28. The van der Waals surface area contributed by atoms with Crippen LogP contribution in [-0.2, 0) is 21.4 Å². The number of anilines is 2. The van der Waals surface area contributed by atoms with Crippen molar-refractivity contribution in [2.45, 2.75) is 26.3 Å². The lowest BCUT2D eigenvalue weighted by Crippen LogP contribution is -2.31. The van der Waals surface area contributed by atoms with Crippen molar-refractivity contribution in [3.8, 4) is 0 Å². The molecule has 3 rings (SSSR count). The maximum Gasteiger partial charge on any atom is 0.308 e. The highest BCUT2D eigenvalue weighted by Crippen LogP contribution is 2.23. The molecule has 1 heterocycles. The van der Waals surface area contributed by atoms with Gasteiger partial charge >= 0.3 is 4.87 Å². The van der Waals surface area contributed by atoms with E-state index in [2.05, 4.69) is 5.32 Å². The van der Waals surface area contributed by atoms with Crippen molar-refractivity contribution in [2.75, 3.05) is 22.4 Å². The van der Waals surface area contributed by atoms with E-state index in [0.717, 1.165) is 44.2 Å². The minimum Gasteiger partial charge on any atom is -0.326 e. The Morgan fingerprint density at radius 1 is 1.16 bits per heavy atom. The van der Waals surface area contributed by atoms with E-state index in [1.165, 1.54) is 6.07 Å². The molecule has 0 atom stereocenters. The second-order valence-corrected chi connectivity index (χ2v) is 9.78. The van der Waals surface area contributed by atoms with E-state index in [0.29, 0.717) is 12.2 Å². The topological polar surface area (TPSA) is 88.5 Å². The standard InChI is InChI=1S/C20H21F2N3O4S2/c1-3-24-17-9-6-13(11-18(17)30-20(24)27)23-19(26)5-4-10-25(31(2,28)29)14-7-8-15(21)16(22)12-14/h6-9,11-12H,3-5,10H2,1-2H3,(H,23,26). The molecule has 1 aromatic heterocycles. The second-order valence-electron chi connectivity index (χ2n) is 6.88. The molecule has 166 valence electrons. The van der Waals surface area contributed by atoms with Crippen molar-refractivity contribution in [1.82, 2.24) is 4.57 Å². The summed E-state index contributed by atoms with van der Waals surface area (Å²) < 4.78 is 54.1. The normalized spacial score (nSPS) is 11.6. The van der Waals surface area contributed by atoms with Crippen molar-refractivity contribution < 1.29 is 22.0 Å². The SMILES string of the molecule is CCn1c(=O)sc2cc(NC(=O)CCCN(c3ccc(F)c(F)c3)S(C)(=O)=O)ccc21. The summed E-state index contributed by atoms with van der Waals surface area (Å²) in [4.78, 5) is 24.2. The number of benzene rings is 2. The number of carbonyl (C=O) groups excluding carboxylic acids is 1. The van der Waals surface area contributed by atoms with E-state index in [4.69, 9.17) is 0 Å². The predicted molar refractivity (Wildman–Crippen MR) is 118 cm³/mol. The monoisotopic (exact) mass is 469 g/mol. The zero-order valence-electron chi connectivity index (χ0n) is 16.9. The molecular formula is C20H21F2N3O4S2. The summed E-state index contributed by atoms with van der Waals surface area (Å²) in [7, 11) is -3.75. The van der Waals surface area contributed by atoms with Gasteiger partial charge in [-0.15, -0.1) is 0 Å². The molecule has 3 aromatic rings. The Balaban J connectivity index is 1.64. The van der Waals surface area contributed by atoms with Gasteiger partial charge in [-0.05, 0) is 43.7 Å². The highest BCUT2D eigenvalue weighted by Gasteiger charge is 2.19. The fourth-order valence-corrected chi connectivity index (χ4v) is 5.13. The van der Waals surface area contributed by atoms with Crippen molar-refractivity contribution in [1.29, 1.82) is 0 Å². The van der Waals surface area contributed by atoms with Crippen LogP contribution in [0.4, 0.5) is 20.2 Å². The lowest BCUT2D eigenvalue weighted by molar-refractivity contribution is -0.116. The van der Waals surface area contributed by atoms with Crippen molar-refractivity contribution in [2.24, 2.45) is 0 Å². The average molecular weight is 470 g/mol. The van der Waals surface area contributed by atoms with Gasteiger partial charge in [0.1, 0.15) is 0 Å². The van der Waals surface area contributed by atoms with Crippen LogP contribution in [0.5, 0.6) is 0 Å². The number of halogens is 2. The van der Waals surface area contributed by atoms with Crippen LogP contribution in [0.2, 0.25) is 0 Å². The van der Waals surface area contributed by atoms with Crippen LogP contribution < -0.4 is 14.5 Å². The second kappa shape index (κ2) is 9.15. The molecule has 0 aliphatic carbocycles. The third-order valence-corrected chi connectivity index (χ3v) is 6.76. The van der Waals surface area contributed by atoms with E-state index in [9.17, 15) is 26.8 Å². The molecule has 11 heteroatoms. The predicted octanol–water partition coefficient (Wildman–Crippen LogP) is 3.55. The molecule has 1 amide bonds. The zero-order chi connectivity index (χ0) is 22.8. The smallest absolute Gasteiger partial charge is 0.308 e. The first-order valence-electron chi connectivity index (χ1n) is 9.46. The summed E-state index contributed by atoms with van der Waals surface area (Å²) in [6.45, 7) is 2.36. The van der Waals surface area contributed by atoms with E-state index in [-0.39, 0.29) is 35.9 Å². The Hall–Kier alpha value is -2.79.